The molecule has 0 aromatic carbocycles. The van der Waals surface area contributed by atoms with Gasteiger partial charge in [0.2, 0.25) is 5.91 Å². The maximum atomic E-state index is 12.1. The van der Waals surface area contributed by atoms with Crippen LogP contribution in [0.15, 0.2) is 0 Å². The van der Waals surface area contributed by atoms with Crippen LogP contribution in [0, 0.1) is 0 Å². The van der Waals surface area contributed by atoms with Crippen molar-refractivity contribution in [2.24, 2.45) is 5.73 Å². The van der Waals surface area contributed by atoms with Crippen LogP contribution in [0.25, 0.3) is 0 Å². The highest BCUT2D eigenvalue weighted by Gasteiger charge is 2.32. The van der Waals surface area contributed by atoms with Gasteiger partial charge in [-0.2, -0.15) is 0 Å². The van der Waals surface area contributed by atoms with Gasteiger partial charge in [0.05, 0.1) is 12.5 Å². The molecule has 6 heteroatoms. The van der Waals surface area contributed by atoms with Gasteiger partial charge < -0.3 is 20.5 Å². The molecule has 1 aliphatic heterocycles. The summed E-state index contributed by atoms with van der Waals surface area (Å²) in [6.45, 7) is 3.12. The Balaban J connectivity index is 2.59. The first-order chi connectivity index (χ1) is 8.60. The second kappa shape index (κ2) is 7.33. The molecule has 18 heavy (non-hydrogen) atoms. The van der Waals surface area contributed by atoms with Crippen LogP contribution >= 0.6 is 0 Å². The Morgan fingerprint density at radius 2 is 2.22 bits per heavy atom. The Morgan fingerprint density at radius 3 is 2.78 bits per heavy atom. The summed E-state index contributed by atoms with van der Waals surface area (Å²) in [5, 5.41) is 9.10. The number of ether oxygens (including phenoxy) is 1. The Bertz CT molecular complexity index is 296. The number of carbonyl (C=O) groups excluding carboxylic acids is 1. The van der Waals surface area contributed by atoms with E-state index in [-0.39, 0.29) is 25.0 Å². The minimum atomic E-state index is -0.927. The van der Waals surface area contributed by atoms with Crippen LogP contribution in [0.3, 0.4) is 0 Å². The maximum absolute atomic E-state index is 12.1. The van der Waals surface area contributed by atoms with Gasteiger partial charge in [-0.3, -0.25) is 4.79 Å². The van der Waals surface area contributed by atoms with Crippen LogP contribution < -0.4 is 5.73 Å². The number of likely N-dealkylation sites (tertiary alicyclic amines) is 1. The third-order valence-electron chi connectivity index (χ3n) is 3.18. The van der Waals surface area contributed by atoms with Gasteiger partial charge in [0.25, 0.3) is 0 Å². The average Bonchev–Trinajstić information content (AvgIpc) is 2.38. The zero-order valence-electron chi connectivity index (χ0n) is 10.8. The van der Waals surface area contributed by atoms with Gasteiger partial charge in [-0.25, -0.2) is 4.79 Å². The summed E-state index contributed by atoms with van der Waals surface area (Å²) in [7, 11) is 0. The summed E-state index contributed by atoms with van der Waals surface area (Å²) in [5.74, 6) is -1.10. The molecule has 1 heterocycles. The third-order valence-corrected chi connectivity index (χ3v) is 3.18. The van der Waals surface area contributed by atoms with Crippen molar-refractivity contribution in [3.63, 3.8) is 0 Å². The van der Waals surface area contributed by atoms with Crippen LogP contribution in [-0.4, -0.2) is 53.7 Å². The normalized spacial score (nSPS) is 21.7. The van der Waals surface area contributed by atoms with E-state index >= 15 is 0 Å². The molecule has 0 aliphatic carbocycles. The number of hydrogen-bond donors (Lipinski definition) is 2. The number of hydrogen-bond acceptors (Lipinski definition) is 4. The monoisotopic (exact) mass is 258 g/mol. The fourth-order valence-electron chi connectivity index (χ4n) is 2.24. The van der Waals surface area contributed by atoms with Crippen molar-refractivity contribution in [2.45, 2.75) is 44.8 Å². The SMILES string of the molecule is CCOC(CN)CC(=O)N1CCCC[C@H]1C(=O)O. The molecule has 2 atom stereocenters. The van der Waals surface area contributed by atoms with Gasteiger partial charge in [-0.15, -0.1) is 0 Å². The van der Waals surface area contributed by atoms with E-state index in [0.717, 1.165) is 12.8 Å². The topological polar surface area (TPSA) is 92.9 Å². The number of rotatable bonds is 6. The molecule has 0 radical (unpaired) electrons. The molecule has 6 nitrogen and oxygen atoms in total. The second-order valence-electron chi connectivity index (χ2n) is 4.45. The van der Waals surface area contributed by atoms with Crippen molar-refractivity contribution in [3.05, 3.63) is 0 Å². The summed E-state index contributed by atoms with van der Waals surface area (Å²) in [6.07, 6.45) is 2.08. The number of carboxylic acid groups (broad SMARTS) is 1. The molecular formula is C12H22N2O4. The van der Waals surface area contributed by atoms with E-state index in [1.807, 2.05) is 6.92 Å². The van der Waals surface area contributed by atoms with E-state index in [2.05, 4.69) is 0 Å². The Kier molecular flexibility index (Phi) is 6.07. The number of nitrogens with two attached hydrogens (primary N) is 1. The molecule has 1 aliphatic rings. The highest BCUT2D eigenvalue weighted by Crippen LogP contribution is 2.19. The first kappa shape index (κ1) is 14.9. The van der Waals surface area contributed by atoms with Crippen LogP contribution in [-0.2, 0) is 14.3 Å². The predicted octanol–water partition coefficient (Wildman–Crippen LogP) is 0.206. The van der Waals surface area contributed by atoms with E-state index in [9.17, 15) is 9.59 Å². The molecule has 0 spiro atoms. The smallest absolute Gasteiger partial charge is 0.326 e. The minimum absolute atomic E-state index is 0.161. The van der Waals surface area contributed by atoms with Crippen LogP contribution in [0.4, 0.5) is 0 Å². The lowest BCUT2D eigenvalue weighted by atomic mass is 10.0. The minimum Gasteiger partial charge on any atom is -0.480 e. The largest absolute Gasteiger partial charge is 0.480 e. The second-order valence-corrected chi connectivity index (χ2v) is 4.45. The van der Waals surface area contributed by atoms with Crippen LogP contribution in [0.2, 0.25) is 0 Å². The van der Waals surface area contributed by atoms with Gasteiger partial charge in [0.15, 0.2) is 0 Å². The quantitative estimate of drug-likeness (QED) is 0.710. The molecule has 1 fully saturated rings. The lowest BCUT2D eigenvalue weighted by Gasteiger charge is -2.33. The van der Waals surface area contributed by atoms with Crippen molar-refractivity contribution < 1.29 is 19.4 Å². The van der Waals surface area contributed by atoms with Gasteiger partial charge in [-0.05, 0) is 26.2 Å². The van der Waals surface area contributed by atoms with Crippen molar-refractivity contribution in [1.29, 1.82) is 0 Å². The van der Waals surface area contributed by atoms with Crippen molar-refractivity contribution >= 4 is 11.9 Å². The molecule has 0 aromatic rings. The summed E-state index contributed by atoms with van der Waals surface area (Å²) >= 11 is 0. The molecule has 1 rings (SSSR count). The summed E-state index contributed by atoms with van der Waals surface area (Å²) in [4.78, 5) is 24.6. The van der Waals surface area contributed by atoms with Gasteiger partial charge in [0.1, 0.15) is 6.04 Å². The van der Waals surface area contributed by atoms with E-state index in [0.29, 0.717) is 19.6 Å². The summed E-state index contributed by atoms with van der Waals surface area (Å²) < 4.78 is 5.33. The molecule has 1 amide bonds. The zero-order chi connectivity index (χ0) is 13.5. The van der Waals surface area contributed by atoms with E-state index < -0.39 is 12.0 Å². The first-order valence-electron chi connectivity index (χ1n) is 6.44. The molecule has 0 aromatic heterocycles. The maximum Gasteiger partial charge on any atom is 0.326 e. The van der Waals surface area contributed by atoms with Crippen LogP contribution in [0.1, 0.15) is 32.6 Å². The molecule has 0 bridgehead atoms. The Morgan fingerprint density at radius 1 is 1.50 bits per heavy atom. The lowest BCUT2D eigenvalue weighted by Crippen LogP contribution is -2.49. The van der Waals surface area contributed by atoms with Crippen LogP contribution in [0.5, 0.6) is 0 Å². The molecule has 1 saturated heterocycles. The predicted molar refractivity (Wildman–Crippen MR) is 66.1 cm³/mol. The summed E-state index contributed by atoms with van der Waals surface area (Å²) in [6, 6.07) is -0.689. The standard InChI is InChI=1S/C12H22N2O4/c1-2-18-9(8-13)7-11(15)14-6-4-3-5-10(14)12(16)17/h9-10H,2-8,13H2,1H3,(H,16,17)/t9?,10-/m0/s1. The highest BCUT2D eigenvalue weighted by molar-refractivity contribution is 5.84. The molecule has 3 N–H and O–H groups in total. The lowest BCUT2D eigenvalue weighted by molar-refractivity contribution is -0.153. The average molecular weight is 258 g/mol. The Labute approximate surface area is 107 Å². The fourth-order valence-corrected chi connectivity index (χ4v) is 2.24. The zero-order valence-corrected chi connectivity index (χ0v) is 10.8. The number of amides is 1. The molecule has 1 unspecified atom stereocenters. The van der Waals surface area contributed by atoms with Crippen molar-refractivity contribution in [3.8, 4) is 0 Å². The van der Waals surface area contributed by atoms with E-state index in [1.165, 1.54) is 4.90 Å². The number of carboxylic acids is 1. The number of piperidine rings is 1. The number of carbonyl (C=O) groups is 2. The Hall–Kier alpha value is -1.14. The van der Waals surface area contributed by atoms with E-state index in [1.54, 1.807) is 0 Å². The van der Waals surface area contributed by atoms with Crippen molar-refractivity contribution in [1.82, 2.24) is 4.90 Å². The fraction of sp³-hybridized carbons (Fsp3) is 0.833. The first-order valence-corrected chi connectivity index (χ1v) is 6.44. The molecule has 104 valence electrons. The van der Waals surface area contributed by atoms with Gasteiger partial charge in [-0.1, -0.05) is 0 Å². The highest BCUT2D eigenvalue weighted by atomic mass is 16.5. The number of nitrogens with zero attached hydrogens (tertiary/aromatic N) is 1. The van der Waals surface area contributed by atoms with E-state index in [4.69, 9.17) is 15.6 Å². The molecule has 0 saturated carbocycles. The third kappa shape index (κ3) is 3.96. The summed E-state index contributed by atoms with van der Waals surface area (Å²) in [5.41, 5.74) is 5.52. The molecular weight excluding hydrogens is 236 g/mol. The van der Waals surface area contributed by atoms with Gasteiger partial charge >= 0.3 is 5.97 Å². The number of aliphatic carboxylic acids is 1. The van der Waals surface area contributed by atoms with Gasteiger partial charge in [0, 0.05) is 19.7 Å². The van der Waals surface area contributed by atoms with Crippen molar-refractivity contribution in [2.75, 3.05) is 19.7 Å².